The maximum absolute atomic E-state index is 13.1. The lowest BCUT2D eigenvalue weighted by atomic mass is 9.95. The molecule has 1 aromatic heterocycles. The second kappa shape index (κ2) is 7.00. The van der Waals surface area contributed by atoms with E-state index in [0.29, 0.717) is 16.4 Å². The molecular weight excluding hydrogens is 370 g/mol. The van der Waals surface area contributed by atoms with Crippen LogP contribution in [-0.4, -0.2) is 34.4 Å². The smallest absolute Gasteiger partial charge is 0.357 e. The molecule has 140 valence electrons. The largest absolute Gasteiger partial charge is 0.448 e. The summed E-state index contributed by atoms with van der Waals surface area (Å²) in [5.74, 6) is -1.62. The van der Waals surface area contributed by atoms with Crippen molar-refractivity contribution in [1.82, 2.24) is 4.98 Å². The highest BCUT2D eigenvalue weighted by Gasteiger charge is 2.45. The molecule has 1 N–H and O–H groups in total. The standard InChI is InChI=1S/C19H18ClN3O4/c1-11(27-17(25)14-10-12(20)8-9-21-14)16(24)23-15-7-5-4-6-13(15)22-18(26)19(23,2)3/h4-11H,1-3H3,(H,22,26)/t11-/m1/s1. The van der Waals surface area contributed by atoms with Gasteiger partial charge < -0.3 is 10.1 Å². The van der Waals surface area contributed by atoms with E-state index >= 15 is 0 Å². The Bertz CT molecular complexity index is 929. The van der Waals surface area contributed by atoms with Gasteiger partial charge in [-0.25, -0.2) is 9.78 Å². The van der Waals surface area contributed by atoms with Crippen molar-refractivity contribution in [2.45, 2.75) is 32.4 Å². The molecule has 2 aromatic rings. The average Bonchev–Trinajstić information content (AvgIpc) is 2.62. The number of para-hydroxylation sites is 2. The molecule has 3 rings (SSSR count). The lowest BCUT2D eigenvalue weighted by molar-refractivity contribution is -0.131. The molecular formula is C19H18ClN3O4. The minimum atomic E-state index is -1.15. The van der Waals surface area contributed by atoms with Crippen LogP contribution in [0.5, 0.6) is 0 Å². The van der Waals surface area contributed by atoms with Crippen molar-refractivity contribution in [2.75, 3.05) is 10.2 Å². The number of pyridine rings is 1. The van der Waals surface area contributed by atoms with Gasteiger partial charge in [0, 0.05) is 11.2 Å². The Morgan fingerprint density at radius 2 is 1.96 bits per heavy atom. The summed E-state index contributed by atoms with van der Waals surface area (Å²) in [6.07, 6.45) is 0.247. The first kappa shape index (κ1) is 18.8. The van der Waals surface area contributed by atoms with E-state index in [0.717, 1.165) is 0 Å². The van der Waals surface area contributed by atoms with Crippen molar-refractivity contribution in [3.63, 3.8) is 0 Å². The summed E-state index contributed by atoms with van der Waals surface area (Å²) in [5.41, 5.74) is -0.0975. The van der Waals surface area contributed by atoms with E-state index in [1.54, 1.807) is 38.1 Å². The Balaban J connectivity index is 1.87. The van der Waals surface area contributed by atoms with Gasteiger partial charge in [-0.05, 0) is 45.0 Å². The molecule has 0 unspecified atom stereocenters. The van der Waals surface area contributed by atoms with Gasteiger partial charge in [0.15, 0.2) is 6.10 Å². The molecule has 2 heterocycles. The zero-order valence-electron chi connectivity index (χ0n) is 15.0. The molecule has 8 heteroatoms. The Morgan fingerprint density at radius 3 is 2.67 bits per heavy atom. The predicted molar refractivity (Wildman–Crippen MR) is 101 cm³/mol. The monoisotopic (exact) mass is 387 g/mol. The van der Waals surface area contributed by atoms with Gasteiger partial charge in [-0.15, -0.1) is 0 Å². The quantitative estimate of drug-likeness (QED) is 0.818. The third-order valence-electron chi connectivity index (χ3n) is 4.29. The summed E-state index contributed by atoms with van der Waals surface area (Å²) in [6.45, 7) is 4.71. The van der Waals surface area contributed by atoms with Crippen molar-refractivity contribution in [1.29, 1.82) is 0 Å². The number of hydrogen-bond donors (Lipinski definition) is 1. The number of aromatic nitrogens is 1. The third kappa shape index (κ3) is 3.50. The van der Waals surface area contributed by atoms with E-state index in [1.165, 1.54) is 30.2 Å². The van der Waals surface area contributed by atoms with Gasteiger partial charge in [-0.3, -0.25) is 14.5 Å². The minimum absolute atomic E-state index is 0.00167. The molecule has 0 saturated carbocycles. The van der Waals surface area contributed by atoms with Gasteiger partial charge in [0.05, 0.1) is 11.4 Å². The van der Waals surface area contributed by atoms with Crippen LogP contribution >= 0.6 is 11.6 Å². The van der Waals surface area contributed by atoms with Crippen molar-refractivity contribution in [3.05, 3.63) is 53.3 Å². The van der Waals surface area contributed by atoms with E-state index in [2.05, 4.69) is 10.3 Å². The molecule has 0 bridgehead atoms. The molecule has 1 aromatic carbocycles. The summed E-state index contributed by atoms with van der Waals surface area (Å²) in [4.78, 5) is 43.1. The second-order valence-electron chi connectivity index (χ2n) is 6.61. The number of nitrogens with one attached hydrogen (secondary N) is 1. The number of hydrogen-bond acceptors (Lipinski definition) is 5. The summed E-state index contributed by atoms with van der Waals surface area (Å²) in [6, 6.07) is 9.83. The van der Waals surface area contributed by atoms with E-state index in [-0.39, 0.29) is 11.6 Å². The van der Waals surface area contributed by atoms with Crippen LogP contribution in [0.15, 0.2) is 42.6 Å². The summed E-state index contributed by atoms with van der Waals surface area (Å²) < 4.78 is 5.27. The van der Waals surface area contributed by atoms with Crippen molar-refractivity contribution in [3.8, 4) is 0 Å². The number of amides is 2. The van der Waals surface area contributed by atoms with Crippen LogP contribution in [0.4, 0.5) is 11.4 Å². The van der Waals surface area contributed by atoms with Crippen molar-refractivity contribution in [2.24, 2.45) is 0 Å². The number of esters is 1. The fraction of sp³-hybridized carbons (Fsp3) is 0.263. The number of nitrogens with zero attached hydrogens (tertiary/aromatic N) is 2. The first-order valence-electron chi connectivity index (χ1n) is 8.29. The fourth-order valence-electron chi connectivity index (χ4n) is 2.82. The van der Waals surface area contributed by atoms with E-state index < -0.39 is 23.5 Å². The number of halogens is 1. The highest BCUT2D eigenvalue weighted by Crippen LogP contribution is 2.37. The number of fused-ring (bicyclic) bond motifs is 1. The topological polar surface area (TPSA) is 88.6 Å². The van der Waals surface area contributed by atoms with E-state index in [4.69, 9.17) is 16.3 Å². The molecule has 0 spiro atoms. The molecule has 0 radical (unpaired) electrons. The number of ether oxygens (including phenoxy) is 1. The van der Waals surface area contributed by atoms with E-state index in [9.17, 15) is 14.4 Å². The predicted octanol–water partition coefficient (Wildman–Crippen LogP) is 3.04. The lowest BCUT2D eigenvalue weighted by Gasteiger charge is -2.42. The van der Waals surface area contributed by atoms with E-state index in [1.807, 2.05) is 0 Å². The summed E-state index contributed by atoms with van der Waals surface area (Å²) >= 11 is 5.85. The number of carbonyl (C=O) groups excluding carboxylic acids is 3. The SMILES string of the molecule is C[C@@H](OC(=O)c1cc(Cl)ccn1)C(=O)N1c2ccccc2NC(=O)C1(C)C. The molecule has 1 aliphatic heterocycles. The normalized spacial score (nSPS) is 16.1. The van der Waals surface area contributed by atoms with Crippen LogP contribution in [0.1, 0.15) is 31.3 Å². The highest BCUT2D eigenvalue weighted by atomic mass is 35.5. The van der Waals surface area contributed by atoms with Gasteiger partial charge in [-0.2, -0.15) is 0 Å². The molecule has 0 fully saturated rings. The zero-order valence-corrected chi connectivity index (χ0v) is 15.8. The molecule has 7 nitrogen and oxygen atoms in total. The van der Waals surface area contributed by atoms with Crippen molar-refractivity contribution < 1.29 is 19.1 Å². The summed E-state index contributed by atoms with van der Waals surface area (Å²) in [7, 11) is 0. The molecule has 0 saturated heterocycles. The van der Waals surface area contributed by atoms with Gasteiger partial charge in [0.25, 0.3) is 5.91 Å². The van der Waals surface area contributed by atoms with Crippen LogP contribution in [-0.2, 0) is 14.3 Å². The van der Waals surface area contributed by atoms with Gasteiger partial charge in [0.1, 0.15) is 11.2 Å². The van der Waals surface area contributed by atoms with Crippen LogP contribution in [0.3, 0.4) is 0 Å². The van der Waals surface area contributed by atoms with Crippen LogP contribution in [0.2, 0.25) is 5.02 Å². The van der Waals surface area contributed by atoms with Crippen LogP contribution < -0.4 is 10.2 Å². The minimum Gasteiger partial charge on any atom is -0.448 e. The first-order chi connectivity index (χ1) is 12.7. The second-order valence-corrected chi connectivity index (χ2v) is 7.05. The highest BCUT2D eigenvalue weighted by molar-refractivity contribution is 6.30. The number of benzene rings is 1. The molecule has 2 amide bonds. The maximum atomic E-state index is 13.1. The first-order valence-corrected chi connectivity index (χ1v) is 8.66. The Morgan fingerprint density at radius 1 is 1.26 bits per heavy atom. The Kier molecular flexibility index (Phi) is 4.89. The number of anilines is 2. The maximum Gasteiger partial charge on any atom is 0.357 e. The van der Waals surface area contributed by atoms with Crippen molar-refractivity contribution >= 4 is 40.8 Å². The zero-order chi connectivity index (χ0) is 19.8. The third-order valence-corrected chi connectivity index (χ3v) is 4.53. The molecule has 1 aliphatic rings. The summed E-state index contributed by atoms with van der Waals surface area (Å²) in [5, 5.41) is 3.11. The fourth-order valence-corrected chi connectivity index (χ4v) is 2.98. The number of rotatable bonds is 3. The number of carbonyl (C=O) groups is 3. The van der Waals surface area contributed by atoms with Gasteiger partial charge in [-0.1, -0.05) is 23.7 Å². The average molecular weight is 388 g/mol. The molecule has 27 heavy (non-hydrogen) atoms. The Labute approximate surface area is 161 Å². The lowest BCUT2D eigenvalue weighted by Crippen LogP contribution is -2.60. The van der Waals surface area contributed by atoms with Crippen LogP contribution in [0, 0.1) is 0 Å². The molecule has 0 aliphatic carbocycles. The van der Waals surface area contributed by atoms with Gasteiger partial charge in [0.2, 0.25) is 5.91 Å². The van der Waals surface area contributed by atoms with Gasteiger partial charge >= 0.3 is 5.97 Å². The molecule has 1 atom stereocenters. The van der Waals surface area contributed by atoms with Crippen LogP contribution in [0.25, 0.3) is 0 Å². The Hall–Kier alpha value is -2.93.